The van der Waals surface area contributed by atoms with Gasteiger partial charge in [-0.05, 0) is 43.2 Å². The van der Waals surface area contributed by atoms with Crippen LogP contribution >= 0.6 is 0 Å². The van der Waals surface area contributed by atoms with E-state index in [9.17, 15) is 9.59 Å². The van der Waals surface area contributed by atoms with E-state index in [1.165, 1.54) is 0 Å². The number of carbonyl (C=O) groups excluding carboxylic acids is 2. The zero-order valence-electron chi connectivity index (χ0n) is 17.5. The molecule has 0 aliphatic carbocycles. The third kappa shape index (κ3) is 4.53. The predicted octanol–water partition coefficient (Wildman–Crippen LogP) is 4.41. The van der Waals surface area contributed by atoms with Gasteiger partial charge in [0.2, 0.25) is 5.78 Å². The van der Waals surface area contributed by atoms with E-state index >= 15 is 0 Å². The lowest BCUT2D eigenvalue weighted by molar-refractivity contribution is 0.0245. The van der Waals surface area contributed by atoms with Crippen LogP contribution in [0.5, 0.6) is 0 Å². The van der Waals surface area contributed by atoms with Gasteiger partial charge in [0.25, 0.3) is 0 Å². The molecule has 0 aliphatic heterocycles. The molecule has 1 heterocycles. The Kier molecular flexibility index (Phi) is 5.89. The number of ketones is 1. The lowest BCUT2D eigenvalue weighted by Gasteiger charge is -2.17. The topological polar surface area (TPSA) is 74.1 Å². The maximum absolute atomic E-state index is 13.2. The molecule has 1 aromatic heterocycles. The number of Topliss-reactive ketones (excluding diaryl/α,β-unsaturated/α-hetero) is 1. The molecule has 4 rings (SSSR count). The van der Waals surface area contributed by atoms with Crippen molar-refractivity contribution in [3.8, 4) is 0 Å². The summed E-state index contributed by atoms with van der Waals surface area (Å²) in [7, 11) is 0. The summed E-state index contributed by atoms with van der Waals surface area (Å²) in [5, 5.41) is 8.28. The fourth-order valence-corrected chi connectivity index (χ4v) is 3.36. The number of hydrogen-bond acceptors (Lipinski definition) is 5. The number of aromatic nitrogens is 3. The van der Waals surface area contributed by atoms with E-state index in [0.29, 0.717) is 16.6 Å². The number of esters is 1. The maximum Gasteiger partial charge on any atom is 0.338 e. The third-order valence-corrected chi connectivity index (χ3v) is 5.23. The highest BCUT2D eigenvalue weighted by atomic mass is 16.5. The Morgan fingerprint density at radius 2 is 1.61 bits per heavy atom. The predicted molar refractivity (Wildman–Crippen MR) is 118 cm³/mol. The molecule has 6 nitrogen and oxygen atoms in total. The van der Waals surface area contributed by atoms with Crippen LogP contribution < -0.4 is 0 Å². The molecule has 0 saturated heterocycles. The Bertz CT molecular complexity index is 1210. The lowest BCUT2D eigenvalue weighted by atomic mass is 10.0. The van der Waals surface area contributed by atoms with Gasteiger partial charge in [-0.15, -0.1) is 5.10 Å². The largest absolute Gasteiger partial charge is 0.448 e. The first-order valence-electron chi connectivity index (χ1n) is 10.2. The van der Waals surface area contributed by atoms with Crippen molar-refractivity contribution in [3.63, 3.8) is 0 Å². The van der Waals surface area contributed by atoms with Crippen molar-refractivity contribution in [3.05, 3.63) is 95.1 Å². The number of nitrogens with zero attached hydrogens (tertiary/aromatic N) is 3. The van der Waals surface area contributed by atoms with E-state index in [2.05, 4.69) is 10.3 Å². The van der Waals surface area contributed by atoms with Crippen molar-refractivity contribution in [1.29, 1.82) is 0 Å². The van der Waals surface area contributed by atoms with Gasteiger partial charge in [-0.3, -0.25) is 4.79 Å². The van der Waals surface area contributed by atoms with Gasteiger partial charge < -0.3 is 4.74 Å². The van der Waals surface area contributed by atoms with Crippen molar-refractivity contribution in [2.75, 3.05) is 0 Å². The molecular formula is C25H23N3O3. The number of rotatable bonds is 7. The number of carbonyl (C=O) groups is 2. The summed E-state index contributed by atoms with van der Waals surface area (Å²) in [5.41, 5.74) is 4.54. The van der Waals surface area contributed by atoms with Gasteiger partial charge in [0.05, 0.1) is 17.6 Å². The summed E-state index contributed by atoms with van der Waals surface area (Å²) < 4.78 is 7.30. The summed E-state index contributed by atoms with van der Waals surface area (Å²) in [6.45, 7) is 4.07. The number of hydrogen-bond donors (Lipinski definition) is 0. The molecular weight excluding hydrogens is 390 g/mol. The van der Waals surface area contributed by atoms with E-state index in [-0.39, 0.29) is 12.3 Å². The van der Waals surface area contributed by atoms with Crippen molar-refractivity contribution in [2.24, 2.45) is 0 Å². The first-order chi connectivity index (χ1) is 15.0. The van der Waals surface area contributed by atoms with E-state index in [1.54, 1.807) is 28.9 Å². The molecule has 0 amide bonds. The molecule has 0 fully saturated rings. The van der Waals surface area contributed by atoms with Crippen LogP contribution in [0.15, 0.2) is 72.8 Å². The molecule has 156 valence electrons. The minimum absolute atomic E-state index is 0.0754. The van der Waals surface area contributed by atoms with E-state index in [4.69, 9.17) is 4.74 Å². The molecule has 3 aromatic carbocycles. The quantitative estimate of drug-likeness (QED) is 0.331. The van der Waals surface area contributed by atoms with Crippen molar-refractivity contribution in [2.45, 2.75) is 32.9 Å². The maximum atomic E-state index is 13.2. The van der Waals surface area contributed by atoms with Gasteiger partial charge in [0.15, 0.2) is 6.10 Å². The average Bonchev–Trinajstić information content (AvgIpc) is 3.21. The summed E-state index contributed by atoms with van der Waals surface area (Å²) >= 11 is 0. The van der Waals surface area contributed by atoms with Gasteiger partial charge in [0, 0.05) is 5.56 Å². The Balaban J connectivity index is 1.63. The van der Waals surface area contributed by atoms with Gasteiger partial charge >= 0.3 is 5.97 Å². The summed E-state index contributed by atoms with van der Waals surface area (Å²) in [5.74, 6) is -0.823. The van der Waals surface area contributed by atoms with Gasteiger partial charge in [-0.25, -0.2) is 9.48 Å². The second kappa shape index (κ2) is 8.92. The Labute approximate surface area is 180 Å². The monoisotopic (exact) mass is 413 g/mol. The molecule has 0 bridgehead atoms. The van der Waals surface area contributed by atoms with Crippen LogP contribution in [0.1, 0.15) is 38.8 Å². The van der Waals surface area contributed by atoms with Crippen molar-refractivity contribution >= 4 is 22.8 Å². The SMILES string of the molecule is CCc1ccc(C(=O)OC(Cn2nnc3ccccc32)C(=O)c2ccc(C)cc2)cc1. The molecule has 1 atom stereocenters. The molecule has 0 radical (unpaired) electrons. The molecule has 1 unspecified atom stereocenters. The van der Waals surface area contributed by atoms with Crippen molar-refractivity contribution in [1.82, 2.24) is 15.0 Å². The normalized spacial score (nSPS) is 11.9. The van der Waals surface area contributed by atoms with Crippen LogP contribution in [0, 0.1) is 6.92 Å². The second-order valence-corrected chi connectivity index (χ2v) is 7.43. The summed E-state index contributed by atoms with van der Waals surface area (Å²) in [6.07, 6.45) is -0.158. The van der Waals surface area contributed by atoms with Crippen LogP contribution in [0.3, 0.4) is 0 Å². The number of benzene rings is 3. The Morgan fingerprint density at radius 3 is 2.32 bits per heavy atom. The van der Waals surface area contributed by atoms with Gasteiger partial charge in [-0.1, -0.05) is 66.2 Å². The highest BCUT2D eigenvalue weighted by molar-refractivity contribution is 6.01. The van der Waals surface area contributed by atoms with Crippen LogP contribution in [0.2, 0.25) is 0 Å². The van der Waals surface area contributed by atoms with E-state index in [1.807, 2.05) is 62.4 Å². The van der Waals surface area contributed by atoms with E-state index in [0.717, 1.165) is 23.1 Å². The average molecular weight is 413 g/mol. The highest BCUT2D eigenvalue weighted by Gasteiger charge is 2.27. The fraction of sp³-hybridized carbons (Fsp3) is 0.200. The third-order valence-electron chi connectivity index (χ3n) is 5.23. The standard InChI is InChI=1S/C25H23N3O3/c1-3-18-10-14-20(15-11-18)25(30)31-23(24(29)19-12-8-17(2)9-13-19)16-28-22-7-5-4-6-21(22)26-27-28/h4-15,23H,3,16H2,1-2H3. The molecule has 6 heteroatoms. The molecule has 31 heavy (non-hydrogen) atoms. The zero-order valence-corrected chi connectivity index (χ0v) is 17.5. The Hall–Kier alpha value is -3.80. The number of para-hydroxylation sites is 1. The number of aryl methyl sites for hydroxylation is 2. The van der Waals surface area contributed by atoms with Crippen LogP contribution in [0.25, 0.3) is 11.0 Å². The molecule has 0 saturated carbocycles. The molecule has 4 aromatic rings. The fourth-order valence-electron chi connectivity index (χ4n) is 3.36. The minimum atomic E-state index is -1.04. The summed E-state index contributed by atoms with van der Waals surface area (Å²) in [4.78, 5) is 26.1. The smallest absolute Gasteiger partial charge is 0.338 e. The van der Waals surface area contributed by atoms with Gasteiger partial charge in [-0.2, -0.15) is 0 Å². The molecule has 0 aliphatic rings. The molecule has 0 spiro atoms. The second-order valence-electron chi connectivity index (χ2n) is 7.43. The van der Waals surface area contributed by atoms with E-state index < -0.39 is 12.1 Å². The zero-order chi connectivity index (χ0) is 21.8. The summed E-state index contributed by atoms with van der Waals surface area (Å²) in [6, 6.07) is 21.9. The molecule has 0 N–H and O–H groups in total. The lowest BCUT2D eigenvalue weighted by Crippen LogP contribution is -2.32. The van der Waals surface area contributed by atoms with Crippen molar-refractivity contribution < 1.29 is 14.3 Å². The van der Waals surface area contributed by atoms with Crippen LogP contribution in [-0.2, 0) is 17.7 Å². The Morgan fingerprint density at radius 1 is 0.935 bits per heavy atom. The minimum Gasteiger partial charge on any atom is -0.448 e. The number of fused-ring (bicyclic) bond motifs is 1. The van der Waals surface area contributed by atoms with Gasteiger partial charge in [0.1, 0.15) is 5.52 Å². The number of ether oxygens (including phenoxy) is 1. The first-order valence-corrected chi connectivity index (χ1v) is 10.2. The first kappa shape index (κ1) is 20.5. The highest BCUT2D eigenvalue weighted by Crippen LogP contribution is 2.16. The van der Waals surface area contributed by atoms with Crippen LogP contribution in [-0.4, -0.2) is 32.9 Å². The van der Waals surface area contributed by atoms with Crippen LogP contribution in [0.4, 0.5) is 0 Å².